The van der Waals surface area contributed by atoms with Crippen molar-refractivity contribution in [2.24, 2.45) is 0 Å². The Morgan fingerprint density at radius 1 is 1.41 bits per heavy atom. The predicted molar refractivity (Wildman–Crippen MR) is 66.9 cm³/mol. The van der Waals surface area contributed by atoms with E-state index in [9.17, 15) is 9.50 Å². The standard InChI is InChI=1S/C13H17ClFNO/c1-16-7-5-13(9-17,6-8-16)12-10(14)3-2-4-11(12)15/h2-4,17H,5-9H2,1H3. The molecule has 0 saturated carbocycles. The molecule has 1 heterocycles. The third kappa shape index (κ3) is 2.32. The summed E-state index contributed by atoms with van der Waals surface area (Å²) in [6.07, 6.45) is 1.47. The number of halogens is 2. The number of piperidine rings is 1. The summed E-state index contributed by atoms with van der Waals surface area (Å²) >= 11 is 6.10. The minimum absolute atomic E-state index is 0.0541. The van der Waals surface area contributed by atoms with Gasteiger partial charge in [-0.15, -0.1) is 0 Å². The van der Waals surface area contributed by atoms with Gasteiger partial charge < -0.3 is 10.0 Å². The fourth-order valence-corrected chi connectivity index (χ4v) is 2.90. The highest BCUT2D eigenvalue weighted by molar-refractivity contribution is 6.31. The van der Waals surface area contributed by atoms with Crippen LogP contribution in [0.1, 0.15) is 18.4 Å². The fraction of sp³-hybridized carbons (Fsp3) is 0.538. The van der Waals surface area contributed by atoms with Gasteiger partial charge in [0, 0.05) is 16.0 Å². The molecule has 1 fully saturated rings. The number of likely N-dealkylation sites (tertiary alicyclic amines) is 1. The van der Waals surface area contributed by atoms with E-state index in [1.807, 2.05) is 7.05 Å². The van der Waals surface area contributed by atoms with Crippen LogP contribution in [0, 0.1) is 5.82 Å². The summed E-state index contributed by atoms with van der Waals surface area (Å²) in [5.41, 5.74) is -0.0353. The average molecular weight is 258 g/mol. The lowest BCUT2D eigenvalue weighted by atomic mass is 9.73. The maximum atomic E-state index is 14.0. The molecule has 1 aliphatic heterocycles. The largest absolute Gasteiger partial charge is 0.395 e. The molecule has 1 aromatic rings. The van der Waals surface area contributed by atoms with Crippen LogP contribution in [0.15, 0.2) is 18.2 Å². The number of aliphatic hydroxyl groups is 1. The van der Waals surface area contributed by atoms with E-state index < -0.39 is 5.41 Å². The second-order valence-electron chi connectivity index (χ2n) is 4.84. The van der Waals surface area contributed by atoms with Crippen molar-refractivity contribution in [2.75, 3.05) is 26.7 Å². The van der Waals surface area contributed by atoms with Crippen molar-refractivity contribution < 1.29 is 9.50 Å². The summed E-state index contributed by atoms with van der Waals surface area (Å²) < 4.78 is 14.0. The Kier molecular flexibility index (Phi) is 3.71. The van der Waals surface area contributed by atoms with Crippen molar-refractivity contribution in [3.05, 3.63) is 34.6 Å². The molecule has 0 atom stereocenters. The van der Waals surface area contributed by atoms with E-state index >= 15 is 0 Å². The van der Waals surface area contributed by atoms with Crippen LogP contribution in [0.4, 0.5) is 4.39 Å². The summed E-state index contributed by atoms with van der Waals surface area (Å²) in [7, 11) is 2.03. The second kappa shape index (κ2) is 4.92. The normalized spacial score (nSPS) is 20.5. The van der Waals surface area contributed by atoms with Crippen molar-refractivity contribution >= 4 is 11.6 Å². The molecule has 1 N–H and O–H groups in total. The van der Waals surface area contributed by atoms with Crippen molar-refractivity contribution in [2.45, 2.75) is 18.3 Å². The lowest BCUT2D eigenvalue weighted by Crippen LogP contribution is -2.44. The molecule has 2 nitrogen and oxygen atoms in total. The van der Waals surface area contributed by atoms with Gasteiger partial charge in [-0.05, 0) is 45.1 Å². The zero-order valence-corrected chi connectivity index (χ0v) is 10.7. The van der Waals surface area contributed by atoms with Crippen LogP contribution in [0.2, 0.25) is 5.02 Å². The number of aliphatic hydroxyl groups excluding tert-OH is 1. The third-order valence-electron chi connectivity index (χ3n) is 3.74. The van der Waals surface area contributed by atoms with E-state index in [2.05, 4.69) is 4.90 Å². The topological polar surface area (TPSA) is 23.5 Å². The predicted octanol–water partition coefficient (Wildman–Crippen LogP) is 2.43. The summed E-state index contributed by atoms with van der Waals surface area (Å²) in [4.78, 5) is 2.18. The fourth-order valence-electron chi connectivity index (χ4n) is 2.54. The number of hydrogen-bond donors (Lipinski definition) is 1. The van der Waals surface area contributed by atoms with E-state index in [0.717, 1.165) is 25.9 Å². The Morgan fingerprint density at radius 3 is 2.59 bits per heavy atom. The molecule has 0 radical (unpaired) electrons. The van der Waals surface area contributed by atoms with Gasteiger partial charge in [-0.2, -0.15) is 0 Å². The highest BCUT2D eigenvalue weighted by atomic mass is 35.5. The number of rotatable bonds is 2. The van der Waals surface area contributed by atoms with Crippen LogP contribution in [0.5, 0.6) is 0 Å². The summed E-state index contributed by atoms with van der Waals surface area (Å²) in [5, 5.41) is 10.1. The number of nitrogens with zero attached hydrogens (tertiary/aromatic N) is 1. The zero-order valence-electron chi connectivity index (χ0n) is 9.92. The number of hydrogen-bond acceptors (Lipinski definition) is 2. The lowest BCUT2D eigenvalue weighted by molar-refractivity contribution is 0.112. The van der Waals surface area contributed by atoms with Crippen molar-refractivity contribution in [3.63, 3.8) is 0 Å². The van der Waals surface area contributed by atoms with Gasteiger partial charge in [0.05, 0.1) is 6.61 Å². The van der Waals surface area contributed by atoms with E-state index in [1.54, 1.807) is 12.1 Å². The summed E-state index contributed by atoms with van der Waals surface area (Å²) in [6, 6.07) is 4.70. The zero-order chi connectivity index (χ0) is 12.5. The smallest absolute Gasteiger partial charge is 0.128 e. The van der Waals surface area contributed by atoms with Crippen LogP contribution in [-0.2, 0) is 5.41 Å². The molecule has 0 aromatic heterocycles. The average Bonchev–Trinajstić information content (AvgIpc) is 2.32. The van der Waals surface area contributed by atoms with E-state index in [1.165, 1.54) is 6.07 Å². The van der Waals surface area contributed by atoms with Crippen LogP contribution in [-0.4, -0.2) is 36.8 Å². The van der Waals surface area contributed by atoms with Gasteiger partial charge in [0.1, 0.15) is 5.82 Å². The monoisotopic (exact) mass is 257 g/mol. The molecule has 1 aliphatic rings. The van der Waals surface area contributed by atoms with Crippen molar-refractivity contribution in [3.8, 4) is 0 Å². The maximum Gasteiger partial charge on any atom is 0.128 e. The molecule has 1 aromatic carbocycles. The third-order valence-corrected chi connectivity index (χ3v) is 4.05. The first-order chi connectivity index (χ1) is 8.09. The summed E-state index contributed by atoms with van der Waals surface area (Å²) in [5.74, 6) is -0.309. The van der Waals surface area contributed by atoms with Gasteiger partial charge in [0.15, 0.2) is 0 Å². The summed E-state index contributed by atoms with van der Waals surface area (Å²) in [6.45, 7) is 1.65. The SMILES string of the molecule is CN1CCC(CO)(c2c(F)cccc2Cl)CC1. The molecule has 94 valence electrons. The molecule has 0 bridgehead atoms. The maximum absolute atomic E-state index is 14.0. The Bertz CT molecular complexity index is 382. The molecule has 1 saturated heterocycles. The highest BCUT2D eigenvalue weighted by Crippen LogP contribution is 2.39. The molecular weight excluding hydrogens is 241 g/mol. The molecule has 4 heteroatoms. The molecule has 0 aliphatic carbocycles. The molecule has 0 amide bonds. The molecule has 0 unspecified atom stereocenters. The molecule has 17 heavy (non-hydrogen) atoms. The Hall–Kier alpha value is -0.640. The van der Waals surface area contributed by atoms with E-state index in [0.29, 0.717) is 10.6 Å². The van der Waals surface area contributed by atoms with Gasteiger partial charge >= 0.3 is 0 Å². The first kappa shape index (κ1) is 12.8. The van der Waals surface area contributed by atoms with Crippen LogP contribution in [0.25, 0.3) is 0 Å². The minimum Gasteiger partial charge on any atom is -0.395 e. The van der Waals surface area contributed by atoms with E-state index in [-0.39, 0.29) is 12.4 Å². The van der Waals surface area contributed by atoms with Crippen molar-refractivity contribution in [1.82, 2.24) is 4.90 Å². The second-order valence-corrected chi connectivity index (χ2v) is 5.25. The Labute approximate surface area is 106 Å². The van der Waals surface area contributed by atoms with E-state index in [4.69, 9.17) is 11.6 Å². The number of benzene rings is 1. The lowest BCUT2D eigenvalue weighted by Gasteiger charge is -2.40. The first-order valence-electron chi connectivity index (χ1n) is 5.83. The van der Waals surface area contributed by atoms with Gasteiger partial charge in [-0.1, -0.05) is 17.7 Å². The van der Waals surface area contributed by atoms with Gasteiger partial charge in [-0.25, -0.2) is 4.39 Å². The van der Waals surface area contributed by atoms with Gasteiger partial charge in [0.2, 0.25) is 0 Å². The quantitative estimate of drug-likeness (QED) is 0.880. The van der Waals surface area contributed by atoms with Crippen LogP contribution >= 0.6 is 11.6 Å². The van der Waals surface area contributed by atoms with Crippen LogP contribution < -0.4 is 0 Å². The molecule has 0 spiro atoms. The first-order valence-corrected chi connectivity index (χ1v) is 6.21. The van der Waals surface area contributed by atoms with Crippen LogP contribution in [0.3, 0.4) is 0 Å². The van der Waals surface area contributed by atoms with Gasteiger partial charge in [0.25, 0.3) is 0 Å². The highest BCUT2D eigenvalue weighted by Gasteiger charge is 2.38. The Morgan fingerprint density at radius 2 is 2.06 bits per heavy atom. The Balaban J connectivity index is 2.41. The minimum atomic E-state index is -0.519. The van der Waals surface area contributed by atoms with Gasteiger partial charge in [-0.3, -0.25) is 0 Å². The molecular formula is C13H17ClFNO. The van der Waals surface area contributed by atoms with Crippen molar-refractivity contribution in [1.29, 1.82) is 0 Å². The molecule has 2 rings (SSSR count).